The third-order valence-electron chi connectivity index (χ3n) is 5.21. The lowest BCUT2D eigenvalue weighted by molar-refractivity contribution is -0.142. The van der Waals surface area contributed by atoms with Gasteiger partial charge in [0, 0.05) is 19.1 Å². The van der Waals surface area contributed by atoms with E-state index in [1.165, 1.54) is 38.5 Å². The highest BCUT2D eigenvalue weighted by molar-refractivity contribution is 5.83. The molecule has 0 heterocycles. The van der Waals surface area contributed by atoms with Gasteiger partial charge in [-0.1, -0.05) is 32.1 Å². The van der Waals surface area contributed by atoms with Crippen LogP contribution in [0.25, 0.3) is 0 Å². The first-order valence-corrected chi connectivity index (χ1v) is 7.58. The van der Waals surface area contributed by atoms with Crippen LogP contribution in [0.15, 0.2) is 0 Å². The Morgan fingerprint density at radius 3 is 2.22 bits per heavy atom. The molecule has 2 rings (SSSR count). The first-order chi connectivity index (χ1) is 8.55. The van der Waals surface area contributed by atoms with Gasteiger partial charge in [-0.05, 0) is 32.6 Å². The molecule has 0 aromatic heterocycles. The summed E-state index contributed by atoms with van der Waals surface area (Å²) in [6.45, 7) is 2.07. The van der Waals surface area contributed by atoms with E-state index in [1.807, 2.05) is 11.9 Å². The fourth-order valence-corrected chi connectivity index (χ4v) is 3.67. The Labute approximate surface area is 111 Å². The summed E-state index contributed by atoms with van der Waals surface area (Å²) < 4.78 is 0. The molecular weight excluding hydrogens is 224 g/mol. The van der Waals surface area contributed by atoms with Gasteiger partial charge in [-0.25, -0.2) is 0 Å². The fraction of sp³-hybridized carbons (Fsp3) is 0.933. The molecule has 0 aromatic carbocycles. The number of amides is 1. The second-order valence-corrected chi connectivity index (χ2v) is 6.48. The molecule has 2 N–H and O–H groups in total. The number of rotatable bonds is 2. The van der Waals surface area contributed by atoms with Crippen molar-refractivity contribution in [3.63, 3.8) is 0 Å². The Morgan fingerprint density at radius 1 is 1.11 bits per heavy atom. The van der Waals surface area contributed by atoms with Crippen LogP contribution >= 0.6 is 0 Å². The molecule has 0 saturated heterocycles. The maximum Gasteiger partial charge on any atom is 0.230 e. The van der Waals surface area contributed by atoms with Crippen molar-refractivity contribution in [2.45, 2.75) is 76.8 Å². The van der Waals surface area contributed by atoms with Crippen LogP contribution in [0, 0.1) is 5.41 Å². The molecule has 3 nitrogen and oxygen atoms in total. The number of nitrogens with zero attached hydrogens (tertiary/aromatic N) is 1. The Morgan fingerprint density at radius 2 is 1.72 bits per heavy atom. The van der Waals surface area contributed by atoms with Crippen molar-refractivity contribution in [2.75, 3.05) is 7.05 Å². The molecule has 2 saturated carbocycles. The van der Waals surface area contributed by atoms with E-state index in [4.69, 9.17) is 5.73 Å². The SMILES string of the molecule is CN(C(=O)C1(C)CCCC1N)C1CCCCCC1. The molecule has 104 valence electrons. The fourth-order valence-electron chi connectivity index (χ4n) is 3.67. The molecule has 2 unspecified atom stereocenters. The van der Waals surface area contributed by atoms with Crippen LogP contribution < -0.4 is 5.73 Å². The van der Waals surface area contributed by atoms with Gasteiger partial charge < -0.3 is 10.6 Å². The van der Waals surface area contributed by atoms with Crippen LogP contribution in [0.5, 0.6) is 0 Å². The van der Waals surface area contributed by atoms with Crippen LogP contribution in [0.2, 0.25) is 0 Å². The number of nitrogens with two attached hydrogens (primary N) is 1. The Balaban J connectivity index is 2.03. The molecule has 2 atom stereocenters. The van der Waals surface area contributed by atoms with Gasteiger partial charge in [0.15, 0.2) is 0 Å². The molecule has 0 bridgehead atoms. The van der Waals surface area contributed by atoms with Crippen molar-refractivity contribution < 1.29 is 4.79 Å². The summed E-state index contributed by atoms with van der Waals surface area (Å²) in [7, 11) is 1.99. The van der Waals surface area contributed by atoms with Crippen LogP contribution in [0.4, 0.5) is 0 Å². The first kappa shape index (κ1) is 13.9. The van der Waals surface area contributed by atoms with Crippen LogP contribution in [0.3, 0.4) is 0 Å². The Hall–Kier alpha value is -0.570. The van der Waals surface area contributed by atoms with Crippen molar-refractivity contribution in [3.05, 3.63) is 0 Å². The lowest BCUT2D eigenvalue weighted by atomic mass is 9.83. The van der Waals surface area contributed by atoms with Crippen LogP contribution in [-0.2, 0) is 4.79 Å². The minimum Gasteiger partial charge on any atom is -0.342 e. The summed E-state index contributed by atoms with van der Waals surface area (Å²) in [6, 6.07) is 0.503. The molecule has 2 aliphatic rings. The van der Waals surface area contributed by atoms with E-state index in [0.717, 1.165) is 19.3 Å². The largest absolute Gasteiger partial charge is 0.342 e. The smallest absolute Gasteiger partial charge is 0.230 e. The first-order valence-electron chi connectivity index (χ1n) is 7.58. The topological polar surface area (TPSA) is 46.3 Å². The molecule has 0 spiro atoms. The second-order valence-electron chi connectivity index (χ2n) is 6.48. The van der Waals surface area contributed by atoms with Gasteiger partial charge in [0.1, 0.15) is 0 Å². The Kier molecular flexibility index (Phi) is 4.31. The standard InChI is InChI=1S/C15H28N2O/c1-15(11-7-10-13(15)16)14(18)17(2)12-8-5-3-4-6-9-12/h12-13H,3-11,16H2,1-2H3. The van der Waals surface area contributed by atoms with E-state index in [9.17, 15) is 4.79 Å². The van der Waals surface area contributed by atoms with Crippen molar-refractivity contribution in [1.29, 1.82) is 0 Å². The van der Waals surface area contributed by atoms with Gasteiger partial charge in [-0.2, -0.15) is 0 Å². The molecule has 0 radical (unpaired) electrons. The summed E-state index contributed by atoms with van der Waals surface area (Å²) >= 11 is 0. The maximum absolute atomic E-state index is 12.7. The lowest BCUT2D eigenvalue weighted by Gasteiger charge is -2.36. The summed E-state index contributed by atoms with van der Waals surface area (Å²) in [5, 5.41) is 0. The molecule has 3 heteroatoms. The quantitative estimate of drug-likeness (QED) is 0.768. The van der Waals surface area contributed by atoms with Crippen molar-refractivity contribution >= 4 is 5.91 Å². The maximum atomic E-state index is 12.7. The third-order valence-corrected chi connectivity index (χ3v) is 5.21. The zero-order chi connectivity index (χ0) is 13.2. The molecule has 0 aliphatic heterocycles. The number of carbonyl (C=O) groups is 1. The van der Waals surface area contributed by atoms with E-state index in [-0.39, 0.29) is 11.5 Å². The number of carbonyl (C=O) groups excluding carboxylic acids is 1. The monoisotopic (exact) mass is 252 g/mol. The van der Waals surface area contributed by atoms with E-state index in [1.54, 1.807) is 0 Å². The summed E-state index contributed by atoms with van der Waals surface area (Å²) in [5.74, 6) is 0.291. The van der Waals surface area contributed by atoms with Gasteiger partial charge in [-0.15, -0.1) is 0 Å². The van der Waals surface area contributed by atoms with E-state index >= 15 is 0 Å². The number of hydrogen-bond acceptors (Lipinski definition) is 2. The average Bonchev–Trinajstić information content (AvgIpc) is 2.62. The van der Waals surface area contributed by atoms with Crippen LogP contribution in [0.1, 0.15) is 64.7 Å². The normalized spacial score (nSPS) is 34.3. The minimum atomic E-state index is -0.305. The molecule has 2 fully saturated rings. The Bertz CT molecular complexity index is 297. The molecule has 18 heavy (non-hydrogen) atoms. The lowest BCUT2D eigenvalue weighted by Crippen LogP contribution is -2.50. The van der Waals surface area contributed by atoms with E-state index < -0.39 is 0 Å². The molecular formula is C15H28N2O. The average molecular weight is 252 g/mol. The zero-order valence-corrected chi connectivity index (χ0v) is 12.0. The second kappa shape index (κ2) is 5.60. The van der Waals surface area contributed by atoms with Gasteiger partial charge in [-0.3, -0.25) is 4.79 Å². The van der Waals surface area contributed by atoms with Gasteiger partial charge in [0.05, 0.1) is 5.41 Å². The number of hydrogen-bond donors (Lipinski definition) is 1. The van der Waals surface area contributed by atoms with Crippen molar-refractivity contribution in [1.82, 2.24) is 4.90 Å². The van der Waals surface area contributed by atoms with Crippen molar-refractivity contribution in [3.8, 4) is 0 Å². The highest BCUT2D eigenvalue weighted by Gasteiger charge is 2.45. The highest BCUT2D eigenvalue weighted by atomic mass is 16.2. The highest BCUT2D eigenvalue weighted by Crippen LogP contribution is 2.39. The minimum absolute atomic E-state index is 0.0539. The third kappa shape index (κ3) is 2.56. The van der Waals surface area contributed by atoms with Crippen LogP contribution in [-0.4, -0.2) is 29.9 Å². The zero-order valence-electron chi connectivity index (χ0n) is 12.0. The van der Waals surface area contributed by atoms with Gasteiger partial charge in [0.25, 0.3) is 0 Å². The van der Waals surface area contributed by atoms with E-state index in [2.05, 4.69) is 6.92 Å². The summed E-state index contributed by atoms with van der Waals surface area (Å²) in [4.78, 5) is 14.8. The predicted molar refractivity (Wildman–Crippen MR) is 74.2 cm³/mol. The van der Waals surface area contributed by atoms with Gasteiger partial charge >= 0.3 is 0 Å². The molecule has 0 aromatic rings. The predicted octanol–water partition coefficient (Wildman–Crippen LogP) is 2.69. The summed E-state index contributed by atoms with van der Waals surface area (Å²) in [6.07, 6.45) is 10.6. The molecule has 1 amide bonds. The van der Waals surface area contributed by atoms with Crippen molar-refractivity contribution in [2.24, 2.45) is 11.1 Å². The molecule has 2 aliphatic carbocycles. The van der Waals surface area contributed by atoms with E-state index in [0.29, 0.717) is 11.9 Å². The van der Waals surface area contributed by atoms with Gasteiger partial charge in [0.2, 0.25) is 5.91 Å². The summed E-state index contributed by atoms with van der Waals surface area (Å²) in [5.41, 5.74) is 5.86.